The second-order valence-electron chi connectivity index (χ2n) is 9.23. The van der Waals surface area contributed by atoms with Crippen molar-refractivity contribution in [3.63, 3.8) is 0 Å². The van der Waals surface area contributed by atoms with Crippen molar-refractivity contribution in [1.82, 2.24) is 10.2 Å². The van der Waals surface area contributed by atoms with Crippen LogP contribution in [0.3, 0.4) is 0 Å². The molecule has 0 aromatic heterocycles. The molecule has 2 aliphatic rings. The van der Waals surface area contributed by atoms with Crippen LogP contribution in [0.4, 0.5) is 4.79 Å². The van der Waals surface area contributed by atoms with Gasteiger partial charge in [-0.25, -0.2) is 9.59 Å². The SMILES string of the molecule is CCC1(C(=O)O)CCCN1C(=O)C(C)CCNC(=O)OCC1c2ccccc2-c2ccccc21. The Morgan fingerprint density at radius 1 is 1.12 bits per heavy atom. The number of aliphatic carboxylic acids is 1. The highest BCUT2D eigenvalue weighted by atomic mass is 16.5. The van der Waals surface area contributed by atoms with Crippen LogP contribution in [0.15, 0.2) is 48.5 Å². The van der Waals surface area contributed by atoms with Crippen molar-refractivity contribution in [2.24, 2.45) is 5.92 Å². The second-order valence-corrected chi connectivity index (χ2v) is 9.23. The molecule has 0 saturated carbocycles. The van der Waals surface area contributed by atoms with Gasteiger partial charge in [-0.2, -0.15) is 0 Å². The zero-order valence-electron chi connectivity index (χ0n) is 19.8. The number of rotatable bonds is 8. The largest absolute Gasteiger partial charge is 0.479 e. The Bertz CT molecular complexity index is 1040. The minimum absolute atomic E-state index is 0.00740. The maximum Gasteiger partial charge on any atom is 0.407 e. The maximum atomic E-state index is 13.0. The number of carboxylic acids is 1. The van der Waals surface area contributed by atoms with Crippen molar-refractivity contribution in [3.05, 3.63) is 59.7 Å². The van der Waals surface area contributed by atoms with Gasteiger partial charge in [-0.15, -0.1) is 0 Å². The molecule has 2 aromatic rings. The average molecular weight is 465 g/mol. The summed E-state index contributed by atoms with van der Waals surface area (Å²) in [6.45, 7) is 4.57. The summed E-state index contributed by atoms with van der Waals surface area (Å²) in [7, 11) is 0. The lowest BCUT2D eigenvalue weighted by molar-refractivity contribution is -0.158. The first-order valence-electron chi connectivity index (χ1n) is 12.0. The Morgan fingerprint density at radius 2 is 1.74 bits per heavy atom. The van der Waals surface area contributed by atoms with Gasteiger partial charge in [0.2, 0.25) is 5.91 Å². The number of hydrogen-bond donors (Lipinski definition) is 2. The highest BCUT2D eigenvalue weighted by Gasteiger charge is 2.49. The van der Waals surface area contributed by atoms with Gasteiger partial charge in [0.05, 0.1) is 0 Å². The summed E-state index contributed by atoms with van der Waals surface area (Å²) in [5, 5.41) is 12.5. The molecule has 180 valence electrons. The highest BCUT2D eigenvalue weighted by molar-refractivity contribution is 5.88. The van der Waals surface area contributed by atoms with Crippen molar-refractivity contribution in [1.29, 1.82) is 0 Å². The Hall–Kier alpha value is -3.35. The van der Waals surface area contributed by atoms with E-state index in [4.69, 9.17) is 4.74 Å². The van der Waals surface area contributed by atoms with Crippen LogP contribution in [0.5, 0.6) is 0 Å². The molecule has 2 N–H and O–H groups in total. The molecule has 1 heterocycles. The smallest absolute Gasteiger partial charge is 0.407 e. The van der Waals surface area contributed by atoms with Gasteiger partial charge < -0.3 is 20.1 Å². The molecule has 2 atom stereocenters. The van der Waals surface area contributed by atoms with Crippen LogP contribution in [-0.4, -0.2) is 53.2 Å². The zero-order valence-corrected chi connectivity index (χ0v) is 19.8. The summed E-state index contributed by atoms with van der Waals surface area (Å²) in [6.07, 6.45) is 1.46. The standard InChI is InChI=1S/C27H32N2O5/c1-3-27(25(31)32)14-8-16-29(27)24(30)18(2)13-15-28-26(33)34-17-23-21-11-6-4-9-19(21)20-10-5-7-12-22(20)23/h4-7,9-12,18,23H,3,8,13-17H2,1-2H3,(H,28,33)(H,31,32). The molecule has 7 heteroatoms. The fourth-order valence-electron chi connectivity index (χ4n) is 5.37. The van der Waals surface area contributed by atoms with E-state index in [1.54, 1.807) is 6.92 Å². The van der Waals surface area contributed by atoms with Gasteiger partial charge >= 0.3 is 12.1 Å². The summed E-state index contributed by atoms with van der Waals surface area (Å²) in [4.78, 5) is 38.7. The molecule has 1 aliphatic carbocycles. The quantitative estimate of drug-likeness (QED) is 0.603. The molecule has 1 aliphatic heterocycles. The highest BCUT2D eigenvalue weighted by Crippen LogP contribution is 2.44. The number of alkyl carbamates (subject to hydrolysis) is 1. The Labute approximate surface area is 200 Å². The number of amides is 2. The van der Waals surface area contributed by atoms with E-state index in [1.165, 1.54) is 16.0 Å². The van der Waals surface area contributed by atoms with Gasteiger partial charge in [-0.05, 0) is 47.9 Å². The van der Waals surface area contributed by atoms with Crippen molar-refractivity contribution < 1.29 is 24.2 Å². The van der Waals surface area contributed by atoms with E-state index in [2.05, 4.69) is 29.6 Å². The normalized spacial score (nSPS) is 19.9. The number of carbonyl (C=O) groups excluding carboxylic acids is 2. The topological polar surface area (TPSA) is 95.9 Å². The van der Waals surface area contributed by atoms with E-state index in [1.807, 2.05) is 31.2 Å². The summed E-state index contributed by atoms with van der Waals surface area (Å²) >= 11 is 0. The molecule has 4 rings (SSSR count). The monoisotopic (exact) mass is 464 g/mol. The second kappa shape index (κ2) is 9.87. The molecular formula is C27H32N2O5. The molecule has 7 nitrogen and oxygen atoms in total. The third-order valence-corrected chi connectivity index (χ3v) is 7.35. The van der Waals surface area contributed by atoms with Gasteiger partial charge in [0.25, 0.3) is 0 Å². The van der Waals surface area contributed by atoms with Gasteiger partial charge in [-0.3, -0.25) is 4.79 Å². The van der Waals surface area contributed by atoms with Crippen LogP contribution in [-0.2, 0) is 14.3 Å². The first-order valence-corrected chi connectivity index (χ1v) is 12.0. The number of nitrogens with zero attached hydrogens (tertiary/aromatic N) is 1. The molecule has 2 aromatic carbocycles. The van der Waals surface area contributed by atoms with Gasteiger partial charge in [0.1, 0.15) is 12.1 Å². The van der Waals surface area contributed by atoms with Crippen LogP contribution in [0.2, 0.25) is 0 Å². The predicted octanol–water partition coefficient (Wildman–Crippen LogP) is 4.41. The molecule has 0 spiro atoms. The molecule has 0 radical (unpaired) electrons. The number of likely N-dealkylation sites (tertiary alicyclic amines) is 1. The lowest BCUT2D eigenvalue weighted by Crippen LogP contribution is -2.54. The summed E-state index contributed by atoms with van der Waals surface area (Å²) in [6, 6.07) is 16.3. The molecule has 1 fully saturated rings. The van der Waals surface area contributed by atoms with E-state index < -0.39 is 23.5 Å². The summed E-state index contributed by atoms with van der Waals surface area (Å²) < 4.78 is 5.54. The Balaban J connectivity index is 1.28. The first-order chi connectivity index (χ1) is 16.4. The summed E-state index contributed by atoms with van der Waals surface area (Å²) in [5.41, 5.74) is 3.54. The molecule has 34 heavy (non-hydrogen) atoms. The van der Waals surface area contributed by atoms with Crippen molar-refractivity contribution in [3.8, 4) is 11.1 Å². The third kappa shape index (κ3) is 4.27. The molecule has 1 saturated heterocycles. The van der Waals surface area contributed by atoms with Crippen LogP contribution in [0, 0.1) is 5.92 Å². The van der Waals surface area contributed by atoms with Gasteiger partial charge in [0.15, 0.2) is 0 Å². The lowest BCUT2D eigenvalue weighted by atomic mass is 9.91. The number of fused-ring (bicyclic) bond motifs is 3. The number of carbonyl (C=O) groups is 3. The minimum Gasteiger partial charge on any atom is -0.479 e. The molecular weight excluding hydrogens is 432 g/mol. The van der Waals surface area contributed by atoms with Crippen molar-refractivity contribution >= 4 is 18.0 Å². The number of ether oxygens (including phenoxy) is 1. The fraction of sp³-hybridized carbons (Fsp3) is 0.444. The number of benzene rings is 2. The van der Waals surface area contributed by atoms with Gasteiger partial charge in [-0.1, -0.05) is 62.4 Å². The van der Waals surface area contributed by atoms with E-state index in [0.29, 0.717) is 32.2 Å². The van der Waals surface area contributed by atoms with E-state index in [-0.39, 0.29) is 25.0 Å². The first kappa shape index (κ1) is 23.8. The number of hydrogen-bond acceptors (Lipinski definition) is 4. The van der Waals surface area contributed by atoms with E-state index in [9.17, 15) is 19.5 Å². The van der Waals surface area contributed by atoms with Crippen LogP contribution in [0.25, 0.3) is 11.1 Å². The maximum absolute atomic E-state index is 13.0. The molecule has 2 amide bonds. The van der Waals surface area contributed by atoms with Crippen LogP contribution < -0.4 is 5.32 Å². The minimum atomic E-state index is -1.11. The number of nitrogens with one attached hydrogen (secondary N) is 1. The average Bonchev–Trinajstić information content (AvgIpc) is 3.42. The van der Waals surface area contributed by atoms with Gasteiger partial charge in [0, 0.05) is 24.9 Å². The molecule has 2 unspecified atom stereocenters. The zero-order chi connectivity index (χ0) is 24.3. The Kier molecular flexibility index (Phi) is 6.91. The Morgan fingerprint density at radius 3 is 2.32 bits per heavy atom. The lowest BCUT2D eigenvalue weighted by Gasteiger charge is -2.35. The van der Waals surface area contributed by atoms with E-state index >= 15 is 0 Å². The molecule has 0 bridgehead atoms. The fourth-order valence-corrected chi connectivity index (χ4v) is 5.37. The van der Waals surface area contributed by atoms with E-state index in [0.717, 1.165) is 11.1 Å². The van der Waals surface area contributed by atoms with Crippen LogP contribution >= 0.6 is 0 Å². The predicted molar refractivity (Wildman–Crippen MR) is 128 cm³/mol. The number of carboxylic acid groups (broad SMARTS) is 1. The van der Waals surface area contributed by atoms with Crippen molar-refractivity contribution in [2.75, 3.05) is 19.7 Å². The van der Waals surface area contributed by atoms with Crippen molar-refractivity contribution in [2.45, 2.75) is 51.0 Å². The summed E-state index contributed by atoms with van der Waals surface area (Å²) in [5.74, 6) is -1.51. The van der Waals surface area contributed by atoms with Crippen LogP contribution in [0.1, 0.15) is 56.6 Å². The third-order valence-electron chi connectivity index (χ3n) is 7.35.